The molecule has 0 amide bonds. The van der Waals surface area contributed by atoms with E-state index in [0.717, 1.165) is 11.2 Å². The Morgan fingerprint density at radius 1 is 1.36 bits per heavy atom. The third kappa shape index (κ3) is 1.09. The van der Waals surface area contributed by atoms with Crippen LogP contribution in [0.15, 0.2) is 24.4 Å². The normalized spacial score (nSPS) is 17.1. The SMILES string of the molecule is Nc1ccc2cn(C3CCC3)nc2c1. The van der Waals surface area contributed by atoms with E-state index in [1.165, 1.54) is 24.6 Å². The molecule has 0 atom stereocenters. The number of nitrogens with zero attached hydrogens (tertiary/aromatic N) is 2. The fourth-order valence-corrected chi connectivity index (χ4v) is 1.89. The van der Waals surface area contributed by atoms with Crippen LogP contribution in [0.1, 0.15) is 25.3 Å². The number of fused-ring (bicyclic) bond motifs is 1. The van der Waals surface area contributed by atoms with E-state index in [1.807, 2.05) is 18.2 Å². The Morgan fingerprint density at radius 3 is 2.93 bits per heavy atom. The second-order valence-electron chi connectivity index (χ2n) is 4.01. The summed E-state index contributed by atoms with van der Waals surface area (Å²) in [5, 5.41) is 5.72. The van der Waals surface area contributed by atoms with Crippen molar-refractivity contribution in [3.8, 4) is 0 Å². The standard InChI is InChI=1S/C11H13N3/c12-9-5-4-8-7-14(10-2-1-3-10)13-11(8)6-9/h4-7,10H,1-3,12H2. The molecule has 3 nitrogen and oxygen atoms in total. The molecular formula is C11H13N3. The van der Waals surface area contributed by atoms with Gasteiger partial charge in [-0.2, -0.15) is 5.10 Å². The van der Waals surface area contributed by atoms with Gasteiger partial charge in [-0.05, 0) is 37.5 Å². The minimum Gasteiger partial charge on any atom is -0.399 e. The van der Waals surface area contributed by atoms with Crippen LogP contribution in [0.25, 0.3) is 10.9 Å². The zero-order valence-electron chi connectivity index (χ0n) is 7.98. The van der Waals surface area contributed by atoms with Crippen LogP contribution >= 0.6 is 0 Å². The lowest BCUT2D eigenvalue weighted by atomic mass is 9.93. The van der Waals surface area contributed by atoms with Crippen molar-refractivity contribution >= 4 is 16.6 Å². The van der Waals surface area contributed by atoms with Crippen LogP contribution < -0.4 is 5.73 Å². The van der Waals surface area contributed by atoms with Crippen molar-refractivity contribution in [2.45, 2.75) is 25.3 Å². The molecule has 1 aliphatic rings. The maximum absolute atomic E-state index is 5.71. The molecule has 0 saturated heterocycles. The number of nitrogens with two attached hydrogens (primary N) is 1. The number of rotatable bonds is 1. The van der Waals surface area contributed by atoms with Crippen molar-refractivity contribution in [3.05, 3.63) is 24.4 Å². The lowest BCUT2D eigenvalue weighted by molar-refractivity contribution is 0.291. The molecule has 0 radical (unpaired) electrons. The molecule has 0 aliphatic heterocycles. The smallest absolute Gasteiger partial charge is 0.0943 e. The van der Waals surface area contributed by atoms with Gasteiger partial charge in [-0.15, -0.1) is 0 Å². The molecule has 3 rings (SSSR count). The van der Waals surface area contributed by atoms with Crippen LogP contribution in [0.4, 0.5) is 5.69 Å². The molecule has 0 bridgehead atoms. The van der Waals surface area contributed by atoms with Crippen LogP contribution in [0.5, 0.6) is 0 Å². The number of hydrogen-bond donors (Lipinski definition) is 1. The van der Waals surface area contributed by atoms with Crippen LogP contribution in [-0.2, 0) is 0 Å². The van der Waals surface area contributed by atoms with Crippen molar-refractivity contribution in [2.24, 2.45) is 0 Å². The van der Waals surface area contributed by atoms with Gasteiger partial charge in [-0.25, -0.2) is 0 Å². The molecule has 1 aliphatic carbocycles. The number of nitrogen functional groups attached to an aromatic ring is 1. The highest BCUT2D eigenvalue weighted by Crippen LogP contribution is 2.32. The molecule has 1 saturated carbocycles. The van der Waals surface area contributed by atoms with E-state index in [9.17, 15) is 0 Å². The zero-order valence-corrected chi connectivity index (χ0v) is 7.98. The molecule has 1 aromatic heterocycles. The molecule has 1 aromatic carbocycles. The van der Waals surface area contributed by atoms with Crippen LogP contribution in [-0.4, -0.2) is 9.78 Å². The zero-order chi connectivity index (χ0) is 9.54. The van der Waals surface area contributed by atoms with E-state index >= 15 is 0 Å². The highest BCUT2D eigenvalue weighted by molar-refractivity contribution is 5.81. The van der Waals surface area contributed by atoms with Crippen LogP contribution in [0.2, 0.25) is 0 Å². The Balaban J connectivity index is 2.10. The highest BCUT2D eigenvalue weighted by Gasteiger charge is 2.20. The van der Waals surface area contributed by atoms with Gasteiger partial charge in [0.1, 0.15) is 0 Å². The third-order valence-corrected chi connectivity index (χ3v) is 3.00. The van der Waals surface area contributed by atoms with Crippen molar-refractivity contribution in [3.63, 3.8) is 0 Å². The molecule has 2 aromatic rings. The molecule has 2 N–H and O–H groups in total. The second-order valence-corrected chi connectivity index (χ2v) is 4.01. The van der Waals surface area contributed by atoms with E-state index in [2.05, 4.69) is 16.0 Å². The fraction of sp³-hybridized carbons (Fsp3) is 0.364. The topological polar surface area (TPSA) is 43.8 Å². The first kappa shape index (κ1) is 7.85. The molecule has 1 heterocycles. The van der Waals surface area contributed by atoms with Crippen molar-refractivity contribution in [2.75, 3.05) is 5.73 Å². The van der Waals surface area contributed by atoms with E-state index in [4.69, 9.17) is 5.73 Å². The minimum absolute atomic E-state index is 0.628. The molecular weight excluding hydrogens is 174 g/mol. The number of aromatic nitrogens is 2. The number of benzene rings is 1. The summed E-state index contributed by atoms with van der Waals surface area (Å²) < 4.78 is 2.09. The Hall–Kier alpha value is -1.51. The average molecular weight is 187 g/mol. The van der Waals surface area contributed by atoms with Crippen LogP contribution in [0.3, 0.4) is 0 Å². The first-order valence-corrected chi connectivity index (χ1v) is 5.07. The van der Waals surface area contributed by atoms with Gasteiger partial charge in [-0.3, -0.25) is 4.68 Å². The van der Waals surface area contributed by atoms with Gasteiger partial charge in [0.15, 0.2) is 0 Å². The molecule has 1 fully saturated rings. The van der Waals surface area contributed by atoms with Gasteiger partial charge in [0.05, 0.1) is 11.6 Å². The predicted octanol–water partition coefficient (Wildman–Crippen LogP) is 2.34. The van der Waals surface area contributed by atoms with Crippen LogP contribution in [0, 0.1) is 0 Å². The first-order valence-electron chi connectivity index (χ1n) is 5.07. The third-order valence-electron chi connectivity index (χ3n) is 3.00. The summed E-state index contributed by atoms with van der Waals surface area (Å²) in [4.78, 5) is 0. The summed E-state index contributed by atoms with van der Waals surface area (Å²) in [6, 6.07) is 6.52. The van der Waals surface area contributed by atoms with Crippen molar-refractivity contribution in [1.29, 1.82) is 0 Å². The lowest BCUT2D eigenvalue weighted by Crippen LogP contribution is -2.16. The van der Waals surface area contributed by atoms with E-state index < -0.39 is 0 Å². The Labute approximate surface area is 82.5 Å². The van der Waals surface area contributed by atoms with Gasteiger partial charge in [0, 0.05) is 17.3 Å². The largest absolute Gasteiger partial charge is 0.399 e. The fourth-order valence-electron chi connectivity index (χ4n) is 1.89. The summed E-state index contributed by atoms with van der Waals surface area (Å²) in [5.41, 5.74) is 7.51. The maximum Gasteiger partial charge on any atom is 0.0943 e. The molecule has 72 valence electrons. The van der Waals surface area contributed by atoms with Crippen molar-refractivity contribution in [1.82, 2.24) is 9.78 Å². The summed E-state index contributed by atoms with van der Waals surface area (Å²) in [5.74, 6) is 0. The number of hydrogen-bond acceptors (Lipinski definition) is 2. The summed E-state index contributed by atoms with van der Waals surface area (Å²) in [6.45, 7) is 0. The van der Waals surface area contributed by atoms with Gasteiger partial charge in [0.2, 0.25) is 0 Å². The Bertz CT molecular complexity index is 468. The predicted molar refractivity (Wildman–Crippen MR) is 57.0 cm³/mol. The van der Waals surface area contributed by atoms with Gasteiger partial charge < -0.3 is 5.73 Å². The second kappa shape index (κ2) is 2.74. The Kier molecular flexibility index (Phi) is 1.54. The van der Waals surface area contributed by atoms with Gasteiger partial charge in [-0.1, -0.05) is 0 Å². The monoisotopic (exact) mass is 187 g/mol. The van der Waals surface area contributed by atoms with Gasteiger partial charge >= 0.3 is 0 Å². The molecule has 14 heavy (non-hydrogen) atoms. The number of anilines is 1. The lowest BCUT2D eigenvalue weighted by Gasteiger charge is -2.25. The Morgan fingerprint density at radius 2 is 2.21 bits per heavy atom. The molecule has 0 unspecified atom stereocenters. The quantitative estimate of drug-likeness (QED) is 0.696. The van der Waals surface area contributed by atoms with E-state index in [-0.39, 0.29) is 0 Å². The molecule has 0 spiro atoms. The summed E-state index contributed by atoms with van der Waals surface area (Å²) >= 11 is 0. The summed E-state index contributed by atoms with van der Waals surface area (Å²) in [7, 11) is 0. The molecule has 3 heteroatoms. The van der Waals surface area contributed by atoms with E-state index in [0.29, 0.717) is 6.04 Å². The maximum atomic E-state index is 5.71. The summed E-state index contributed by atoms with van der Waals surface area (Å²) in [6.07, 6.45) is 5.99. The minimum atomic E-state index is 0.628. The van der Waals surface area contributed by atoms with E-state index in [1.54, 1.807) is 0 Å². The highest BCUT2D eigenvalue weighted by atomic mass is 15.3. The van der Waals surface area contributed by atoms with Gasteiger partial charge in [0.25, 0.3) is 0 Å². The first-order chi connectivity index (χ1) is 6.83. The van der Waals surface area contributed by atoms with Crippen molar-refractivity contribution < 1.29 is 0 Å². The average Bonchev–Trinajstić information content (AvgIpc) is 2.43.